The maximum absolute atomic E-state index is 14.1. The first kappa shape index (κ1) is 13.8. The molecular formula is C14H20FN3O. The summed E-state index contributed by atoms with van der Waals surface area (Å²) in [5.41, 5.74) is 6.11. The highest BCUT2D eigenvalue weighted by Crippen LogP contribution is 2.37. The molecule has 1 aliphatic rings. The van der Waals surface area contributed by atoms with Gasteiger partial charge in [-0.2, -0.15) is 0 Å². The van der Waals surface area contributed by atoms with Crippen LogP contribution in [0.25, 0.3) is 0 Å². The third kappa shape index (κ3) is 2.30. The van der Waals surface area contributed by atoms with Gasteiger partial charge in [-0.15, -0.1) is 0 Å². The van der Waals surface area contributed by atoms with E-state index in [0.717, 1.165) is 6.42 Å². The molecule has 0 aliphatic carbocycles. The fourth-order valence-corrected chi connectivity index (χ4v) is 2.68. The Morgan fingerprint density at radius 1 is 1.47 bits per heavy atom. The molecule has 0 amide bonds. The molecule has 104 valence electrons. The topological polar surface area (TPSA) is 50.8 Å². The summed E-state index contributed by atoms with van der Waals surface area (Å²) in [4.78, 5) is 6.26. The van der Waals surface area contributed by atoms with Gasteiger partial charge in [-0.3, -0.25) is 4.99 Å². The van der Waals surface area contributed by atoms with Gasteiger partial charge in [-0.05, 0) is 12.5 Å². The third-order valence-electron chi connectivity index (χ3n) is 3.77. The van der Waals surface area contributed by atoms with Crippen molar-refractivity contribution in [1.82, 2.24) is 4.90 Å². The number of halogens is 1. The number of benzene rings is 1. The molecule has 4 nitrogen and oxygen atoms in total. The van der Waals surface area contributed by atoms with Crippen molar-refractivity contribution in [2.75, 3.05) is 26.8 Å². The van der Waals surface area contributed by atoms with Crippen molar-refractivity contribution in [3.8, 4) is 0 Å². The minimum atomic E-state index is -0.492. The van der Waals surface area contributed by atoms with E-state index in [1.807, 2.05) is 24.0 Å². The Morgan fingerprint density at radius 3 is 2.84 bits per heavy atom. The van der Waals surface area contributed by atoms with E-state index < -0.39 is 5.54 Å². The lowest BCUT2D eigenvalue weighted by Crippen LogP contribution is -2.50. The van der Waals surface area contributed by atoms with Gasteiger partial charge in [-0.25, -0.2) is 4.39 Å². The van der Waals surface area contributed by atoms with Crippen molar-refractivity contribution in [1.29, 1.82) is 0 Å². The average Bonchev–Trinajstić information content (AvgIpc) is 2.74. The van der Waals surface area contributed by atoms with Gasteiger partial charge in [0.2, 0.25) is 0 Å². The number of hydrogen-bond donors (Lipinski definition) is 1. The second-order valence-corrected chi connectivity index (χ2v) is 4.68. The minimum Gasteiger partial charge on any atom is -0.383 e. The highest BCUT2D eigenvalue weighted by Gasteiger charge is 2.43. The summed E-state index contributed by atoms with van der Waals surface area (Å²) in [6.07, 6.45) is 0.738. The van der Waals surface area contributed by atoms with Crippen molar-refractivity contribution in [2.24, 2.45) is 10.7 Å². The Kier molecular flexibility index (Phi) is 4.04. The van der Waals surface area contributed by atoms with Crippen LogP contribution in [0.3, 0.4) is 0 Å². The molecule has 19 heavy (non-hydrogen) atoms. The highest BCUT2D eigenvalue weighted by molar-refractivity contribution is 5.81. The summed E-state index contributed by atoms with van der Waals surface area (Å²) in [5.74, 6) is 0.249. The largest absolute Gasteiger partial charge is 0.383 e. The molecule has 1 atom stereocenters. The maximum atomic E-state index is 14.1. The zero-order valence-corrected chi connectivity index (χ0v) is 11.4. The van der Waals surface area contributed by atoms with Gasteiger partial charge in [-0.1, -0.05) is 25.1 Å². The fourth-order valence-electron chi connectivity index (χ4n) is 2.68. The van der Waals surface area contributed by atoms with Crippen molar-refractivity contribution < 1.29 is 9.13 Å². The lowest BCUT2D eigenvalue weighted by molar-refractivity contribution is 0.123. The van der Waals surface area contributed by atoms with Gasteiger partial charge in [0.05, 0.1) is 18.7 Å². The summed E-state index contributed by atoms with van der Waals surface area (Å²) in [6.45, 7) is 3.65. The molecule has 0 bridgehead atoms. The quantitative estimate of drug-likeness (QED) is 0.881. The molecule has 1 aromatic carbocycles. The van der Waals surface area contributed by atoms with Gasteiger partial charge >= 0.3 is 0 Å². The van der Waals surface area contributed by atoms with Crippen LogP contribution in [0.1, 0.15) is 18.9 Å². The van der Waals surface area contributed by atoms with Crippen LogP contribution in [-0.2, 0) is 10.3 Å². The lowest BCUT2D eigenvalue weighted by atomic mass is 9.86. The Morgan fingerprint density at radius 2 is 2.21 bits per heavy atom. The van der Waals surface area contributed by atoms with E-state index in [-0.39, 0.29) is 5.82 Å². The first-order chi connectivity index (χ1) is 9.15. The molecule has 5 heteroatoms. The number of rotatable bonds is 5. The summed E-state index contributed by atoms with van der Waals surface area (Å²) in [7, 11) is 1.64. The summed E-state index contributed by atoms with van der Waals surface area (Å²) >= 11 is 0. The molecule has 2 rings (SSSR count). The van der Waals surface area contributed by atoms with Crippen LogP contribution in [0.4, 0.5) is 4.39 Å². The number of ether oxygens (including phenoxy) is 1. The molecule has 1 aliphatic heterocycles. The SMILES string of the molecule is CCC1(c2ccccc2F)CN=C(N)N1CCOC. The molecule has 2 N–H and O–H groups in total. The molecule has 1 unspecified atom stereocenters. The summed E-state index contributed by atoms with van der Waals surface area (Å²) in [6, 6.07) is 6.84. The van der Waals surface area contributed by atoms with E-state index in [0.29, 0.717) is 31.2 Å². The second kappa shape index (κ2) is 5.57. The lowest BCUT2D eigenvalue weighted by Gasteiger charge is -2.39. The molecule has 0 saturated heterocycles. The van der Waals surface area contributed by atoms with Crippen LogP contribution in [0.5, 0.6) is 0 Å². The van der Waals surface area contributed by atoms with Crippen molar-refractivity contribution in [3.63, 3.8) is 0 Å². The smallest absolute Gasteiger partial charge is 0.192 e. The number of guanidine groups is 1. The molecule has 0 aromatic heterocycles. The Labute approximate surface area is 113 Å². The predicted octanol–water partition coefficient (Wildman–Crippen LogP) is 1.71. The van der Waals surface area contributed by atoms with Crippen LogP contribution in [-0.4, -0.2) is 37.7 Å². The molecule has 0 saturated carbocycles. The molecule has 0 fully saturated rings. The van der Waals surface area contributed by atoms with Crippen molar-refractivity contribution in [2.45, 2.75) is 18.9 Å². The normalized spacial score (nSPS) is 22.7. The third-order valence-corrected chi connectivity index (χ3v) is 3.77. The van der Waals surface area contributed by atoms with Crippen LogP contribution >= 0.6 is 0 Å². The number of nitrogens with zero attached hydrogens (tertiary/aromatic N) is 2. The summed E-state index contributed by atoms with van der Waals surface area (Å²) < 4.78 is 19.3. The van der Waals surface area contributed by atoms with Crippen LogP contribution in [0.15, 0.2) is 29.3 Å². The van der Waals surface area contributed by atoms with E-state index in [2.05, 4.69) is 4.99 Å². The van der Waals surface area contributed by atoms with E-state index in [1.165, 1.54) is 6.07 Å². The Balaban J connectivity index is 2.39. The predicted molar refractivity (Wildman–Crippen MR) is 73.4 cm³/mol. The van der Waals surface area contributed by atoms with Gasteiger partial charge in [0, 0.05) is 19.2 Å². The second-order valence-electron chi connectivity index (χ2n) is 4.68. The van der Waals surface area contributed by atoms with Gasteiger partial charge in [0.1, 0.15) is 5.82 Å². The van der Waals surface area contributed by atoms with Crippen LogP contribution in [0.2, 0.25) is 0 Å². The van der Waals surface area contributed by atoms with Gasteiger partial charge in [0.15, 0.2) is 5.96 Å². The van der Waals surface area contributed by atoms with Crippen molar-refractivity contribution in [3.05, 3.63) is 35.6 Å². The average molecular weight is 265 g/mol. The van der Waals surface area contributed by atoms with Crippen LogP contribution < -0.4 is 5.73 Å². The van der Waals surface area contributed by atoms with E-state index >= 15 is 0 Å². The molecular weight excluding hydrogens is 245 g/mol. The number of nitrogens with two attached hydrogens (primary N) is 1. The van der Waals surface area contributed by atoms with Gasteiger partial charge < -0.3 is 15.4 Å². The first-order valence-electron chi connectivity index (χ1n) is 6.47. The van der Waals surface area contributed by atoms with E-state index in [4.69, 9.17) is 10.5 Å². The zero-order valence-electron chi connectivity index (χ0n) is 11.4. The number of methoxy groups -OCH3 is 1. The molecule has 1 heterocycles. The Hall–Kier alpha value is -1.62. The molecule has 0 spiro atoms. The van der Waals surface area contributed by atoms with Gasteiger partial charge in [0.25, 0.3) is 0 Å². The molecule has 1 aromatic rings. The fraction of sp³-hybridized carbons (Fsp3) is 0.500. The summed E-state index contributed by atoms with van der Waals surface area (Å²) in [5, 5.41) is 0. The monoisotopic (exact) mass is 265 g/mol. The Bertz CT molecular complexity index is 478. The number of hydrogen-bond acceptors (Lipinski definition) is 4. The zero-order chi connectivity index (χ0) is 13.9. The standard InChI is InChI=1S/C14H20FN3O/c1-3-14(11-6-4-5-7-12(11)15)10-17-13(16)18(14)8-9-19-2/h4-7H,3,8-10H2,1-2H3,(H2,16,17). The van der Waals surface area contributed by atoms with Crippen molar-refractivity contribution >= 4 is 5.96 Å². The van der Waals surface area contributed by atoms with Crippen LogP contribution in [0, 0.1) is 5.82 Å². The molecule has 0 radical (unpaired) electrons. The number of aliphatic imine (C=N–C) groups is 1. The van der Waals surface area contributed by atoms with E-state index in [9.17, 15) is 4.39 Å². The highest BCUT2D eigenvalue weighted by atomic mass is 19.1. The maximum Gasteiger partial charge on any atom is 0.192 e. The minimum absolute atomic E-state index is 0.211. The first-order valence-corrected chi connectivity index (χ1v) is 6.47. The van der Waals surface area contributed by atoms with E-state index in [1.54, 1.807) is 13.2 Å².